The Morgan fingerprint density at radius 1 is 0.850 bits per heavy atom. The van der Waals surface area contributed by atoms with Crippen LogP contribution in [0.15, 0.2) is 66.7 Å². The second kappa shape index (κ2) is 13.4. The van der Waals surface area contributed by atoms with Crippen molar-refractivity contribution in [2.24, 2.45) is 0 Å². The first-order chi connectivity index (χ1) is 18.9. The molecule has 40 heavy (non-hydrogen) atoms. The third-order valence-electron chi connectivity index (χ3n) is 7.23. The van der Waals surface area contributed by atoms with Gasteiger partial charge in [0.25, 0.3) is 5.91 Å². The number of nitrogens with one attached hydrogen (secondary N) is 3. The lowest BCUT2D eigenvalue weighted by Gasteiger charge is -2.38. The fourth-order valence-electron chi connectivity index (χ4n) is 5.41. The fraction of sp³-hybridized carbons (Fsp3) is 0.367. The Balaban J connectivity index is 0.00000370. The molecule has 0 aromatic heterocycles. The zero-order chi connectivity index (χ0) is 27.4. The van der Waals surface area contributed by atoms with Gasteiger partial charge < -0.3 is 19.7 Å². The largest absolute Gasteiger partial charge is 0.494 e. The van der Waals surface area contributed by atoms with Gasteiger partial charge in [0.05, 0.1) is 25.3 Å². The van der Waals surface area contributed by atoms with Crippen LogP contribution in [0.5, 0.6) is 11.5 Å². The number of hydrogen-bond acceptors (Lipinski definition) is 6. The molecule has 3 N–H and O–H groups in total. The molecular formula is C30H35Cl3N4O3. The molecule has 5 rings (SSSR count). The van der Waals surface area contributed by atoms with Crippen LogP contribution in [0, 0.1) is 0 Å². The number of ether oxygens (including phenoxy) is 2. The van der Waals surface area contributed by atoms with Crippen LogP contribution < -0.4 is 25.4 Å². The van der Waals surface area contributed by atoms with Crippen LogP contribution in [0.25, 0.3) is 0 Å². The quantitative estimate of drug-likeness (QED) is 0.316. The third kappa shape index (κ3) is 6.20. The predicted octanol–water partition coefficient (Wildman–Crippen LogP) is 5.47. The van der Waals surface area contributed by atoms with Crippen molar-refractivity contribution >= 4 is 41.5 Å². The Hall–Kier alpha value is -2.52. The summed E-state index contributed by atoms with van der Waals surface area (Å²) in [6.07, 6.45) is 0. The van der Waals surface area contributed by atoms with Gasteiger partial charge in [-0.25, -0.2) is 0 Å². The highest BCUT2D eigenvalue weighted by Gasteiger charge is 2.54. The van der Waals surface area contributed by atoms with E-state index in [1.165, 1.54) is 0 Å². The number of rotatable bonds is 8. The molecule has 2 aliphatic heterocycles. The first kappa shape index (κ1) is 30.4. The zero-order valence-electron chi connectivity index (χ0n) is 22.6. The molecule has 1 amide bonds. The molecule has 2 aliphatic rings. The van der Waals surface area contributed by atoms with Crippen molar-refractivity contribution in [3.05, 3.63) is 93.5 Å². The van der Waals surface area contributed by atoms with E-state index in [1.54, 1.807) is 0 Å². The minimum Gasteiger partial charge on any atom is -0.494 e. The smallest absolute Gasteiger partial charge is 0.262 e. The topological polar surface area (TPSA) is 74.9 Å². The molecule has 2 fully saturated rings. The molecule has 10 heteroatoms. The summed E-state index contributed by atoms with van der Waals surface area (Å²) in [6.45, 7) is 7.53. The average molecular weight is 606 g/mol. The lowest BCUT2D eigenvalue weighted by molar-refractivity contribution is -0.140. The van der Waals surface area contributed by atoms with Gasteiger partial charge in [-0.1, -0.05) is 47.5 Å². The lowest BCUT2D eigenvalue weighted by atomic mass is 9.95. The molecule has 3 aromatic carbocycles. The van der Waals surface area contributed by atoms with E-state index < -0.39 is 5.66 Å². The van der Waals surface area contributed by atoms with E-state index in [0.29, 0.717) is 53.4 Å². The maximum atomic E-state index is 14.6. The third-order valence-corrected chi connectivity index (χ3v) is 7.73. The van der Waals surface area contributed by atoms with Gasteiger partial charge in [-0.05, 0) is 67.4 Å². The Morgan fingerprint density at radius 3 is 1.88 bits per heavy atom. The normalized spacial score (nSPS) is 22.4. The summed E-state index contributed by atoms with van der Waals surface area (Å²) in [7, 11) is 0. The Labute approximate surface area is 251 Å². The fourth-order valence-corrected chi connectivity index (χ4v) is 5.66. The summed E-state index contributed by atoms with van der Waals surface area (Å²) in [6, 6.07) is 20.6. The maximum Gasteiger partial charge on any atom is 0.262 e. The number of benzene rings is 3. The van der Waals surface area contributed by atoms with E-state index in [9.17, 15) is 4.79 Å². The zero-order valence-corrected chi connectivity index (χ0v) is 24.9. The molecule has 0 bridgehead atoms. The van der Waals surface area contributed by atoms with Crippen LogP contribution >= 0.6 is 35.6 Å². The van der Waals surface area contributed by atoms with Crippen molar-refractivity contribution < 1.29 is 14.3 Å². The van der Waals surface area contributed by atoms with Crippen molar-refractivity contribution in [1.82, 2.24) is 20.9 Å². The van der Waals surface area contributed by atoms with Gasteiger partial charge in [-0.2, -0.15) is 0 Å². The van der Waals surface area contributed by atoms with Crippen LogP contribution in [0.3, 0.4) is 0 Å². The molecule has 0 aliphatic carbocycles. The molecule has 2 heterocycles. The second-order valence-electron chi connectivity index (χ2n) is 9.66. The molecule has 0 spiro atoms. The van der Waals surface area contributed by atoms with Crippen LogP contribution in [-0.4, -0.2) is 50.2 Å². The molecule has 2 saturated heterocycles. The lowest BCUT2D eigenvalue weighted by Crippen LogP contribution is -2.61. The van der Waals surface area contributed by atoms with Crippen LogP contribution in [0.1, 0.15) is 42.6 Å². The Kier molecular flexibility index (Phi) is 10.2. The van der Waals surface area contributed by atoms with Crippen molar-refractivity contribution in [3.63, 3.8) is 0 Å². The summed E-state index contributed by atoms with van der Waals surface area (Å²) >= 11 is 12.5. The summed E-state index contributed by atoms with van der Waals surface area (Å²) in [5.74, 6) is 1.23. The summed E-state index contributed by atoms with van der Waals surface area (Å²) < 4.78 is 12.0. The monoisotopic (exact) mass is 604 g/mol. The predicted molar refractivity (Wildman–Crippen MR) is 162 cm³/mol. The van der Waals surface area contributed by atoms with Crippen molar-refractivity contribution in [3.8, 4) is 11.5 Å². The minimum atomic E-state index is -1.29. The van der Waals surface area contributed by atoms with Gasteiger partial charge >= 0.3 is 0 Å². The van der Waals surface area contributed by atoms with Gasteiger partial charge in [-0.15, -0.1) is 12.4 Å². The van der Waals surface area contributed by atoms with Gasteiger partial charge in [0.1, 0.15) is 11.5 Å². The summed E-state index contributed by atoms with van der Waals surface area (Å²) in [4.78, 5) is 16.6. The summed E-state index contributed by atoms with van der Waals surface area (Å²) in [5, 5.41) is 12.2. The van der Waals surface area contributed by atoms with E-state index in [-0.39, 0.29) is 30.4 Å². The number of amides is 1. The van der Waals surface area contributed by atoms with Gasteiger partial charge in [-0.3, -0.25) is 15.4 Å². The number of carbonyl (C=O) groups is 1. The standard InChI is InChI=1S/C30H34Cl2N4O3.ClH/c1-3-38-24-13-14-26(39-4-2)25(19-24)30(29(37)36-17-15-33-16-18-36)34-27(20-5-9-22(31)10-6-20)28(35-30)21-7-11-23(32)12-8-21;/h5-14,19,27-28,33-35H,3-4,15-18H2,1-2H3;1H. The van der Waals surface area contributed by atoms with Gasteiger partial charge in [0, 0.05) is 41.8 Å². The molecule has 0 saturated carbocycles. The molecule has 3 aromatic rings. The number of piperazine rings is 1. The van der Waals surface area contributed by atoms with Crippen molar-refractivity contribution in [2.45, 2.75) is 31.6 Å². The van der Waals surface area contributed by atoms with Crippen molar-refractivity contribution in [2.75, 3.05) is 39.4 Å². The molecule has 7 nitrogen and oxygen atoms in total. The van der Waals surface area contributed by atoms with Crippen LogP contribution in [-0.2, 0) is 10.5 Å². The first-order valence-corrected chi connectivity index (χ1v) is 14.2. The van der Waals surface area contributed by atoms with E-state index in [1.807, 2.05) is 85.5 Å². The average Bonchev–Trinajstić information content (AvgIpc) is 3.37. The number of carbonyl (C=O) groups excluding carboxylic acids is 1. The molecule has 214 valence electrons. The maximum absolute atomic E-state index is 14.6. The molecular weight excluding hydrogens is 571 g/mol. The number of nitrogens with zero attached hydrogens (tertiary/aromatic N) is 1. The SMILES string of the molecule is CCOc1ccc(OCC)c(C2(C(=O)N3CCNCC3)NC(c3ccc(Cl)cc3)C(c3ccc(Cl)cc3)N2)c1.Cl. The highest BCUT2D eigenvalue weighted by molar-refractivity contribution is 6.30. The Morgan fingerprint density at radius 2 is 1.38 bits per heavy atom. The van der Waals surface area contributed by atoms with E-state index >= 15 is 0 Å². The number of halogens is 3. The molecule has 0 radical (unpaired) electrons. The van der Waals surface area contributed by atoms with Crippen molar-refractivity contribution in [1.29, 1.82) is 0 Å². The minimum absolute atomic E-state index is 0. The van der Waals surface area contributed by atoms with E-state index in [0.717, 1.165) is 24.2 Å². The molecule has 2 unspecified atom stereocenters. The Bertz CT molecular complexity index is 1230. The number of hydrogen-bond donors (Lipinski definition) is 3. The van der Waals surface area contributed by atoms with Gasteiger partial charge in [0.2, 0.25) is 0 Å². The highest BCUT2D eigenvalue weighted by Crippen LogP contribution is 2.45. The summed E-state index contributed by atoms with van der Waals surface area (Å²) in [5.41, 5.74) is 1.40. The van der Waals surface area contributed by atoms with E-state index in [4.69, 9.17) is 32.7 Å². The van der Waals surface area contributed by atoms with Gasteiger partial charge in [0.15, 0.2) is 5.66 Å². The highest BCUT2D eigenvalue weighted by atomic mass is 35.5. The first-order valence-electron chi connectivity index (χ1n) is 13.4. The van der Waals surface area contributed by atoms with E-state index in [2.05, 4.69) is 16.0 Å². The van der Waals surface area contributed by atoms with Crippen LogP contribution in [0.2, 0.25) is 10.0 Å². The van der Waals surface area contributed by atoms with Crippen LogP contribution in [0.4, 0.5) is 0 Å². The second-order valence-corrected chi connectivity index (χ2v) is 10.5. The molecule has 2 atom stereocenters.